The minimum absolute atomic E-state index is 0.180. The standard InChI is InChI=1S/C18H13ClN2O3S/c19-13-7-4-8-14(9-13)20-16(22)10-24-18(23)15-11-25-17(21-15)12-5-2-1-3-6-12/h1-9,11H,10H2,(H,20,22). The van der Waals surface area contributed by atoms with Gasteiger partial charge in [0, 0.05) is 21.7 Å². The monoisotopic (exact) mass is 372 g/mol. The van der Waals surface area contributed by atoms with Gasteiger partial charge in [0.05, 0.1) is 0 Å². The van der Waals surface area contributed by atoms with E-state index in [9.17, 15) is 9.59 Å². The number of hydrogen-bond donors (Lipinski definition) is 1. The number of nitrogens with one attached hydrogen (secondary N) is 1. The fourth-order valence-electron chi connectivity index (χ4n) is 2.05. The molecule has 0 saturated carbocycles. The van der Waals surface area contributed by atoms with Gasteiger partial charge in [-0.1, -0.05) is 48.0 Å². The number of anilines is 1. The van der Waals surface area contributed by atoms with Crippen LogP contribution in [0.3, 0.4) is 0 Å². The zero-order chi connectivity index (χ0) is 17.6. The summed E-state index contributed by atoms with van der Waals surface area (Å²) in [4.78, 5) is 28.1. The summed E-state index contributed by atoms with van der Waals surface area (Å²) in [5.74, 6) is -1.09. The van der Waals surface area contributed by atoms with E-state index in [0.29, 0.717) is 10.7 Å². The molecule has 0 aliphatic rings. The highest BCUT2D eigenvalue weighted by molar-refractivity contribution is 7.13. The Morgan fingerprint density at radius 3 is 2.68 bits per heavy atom. The van der Waals surface area contributed by atoms with Gasteiger partial charge in [-0.15, -0.1) is 11.3 Å². The lowest BCUT2D eigenvalue weighted by molar-refractivity contribution is -0.119. The fraction of sp³-hybridized carbons (Fsp3) is 0.0556. The van der Waals surface area contributed by atoms with Crippen LogP contribution in [0.4, 0.5) is 5.69 Å². The van der Waals surface area contributed by atoms with Crippen molar-refractivity contribution < 1.29 is 14.3 Å². The molecule has 0 saturated heterocycles. The topological polar surface area (TPSA) is 68.3 Å². The quantitative estimate of drug-likeness (QED) is 0.679. The molecule has 126 valence electrons. The van der Waals surface area contributed by atoms with E-state index < -0.39 is 18.5 Å². The van der Waals surface area contributed by atoms with Crippen LogP contribution < -0.4 is 5.32 Å². The molecule has 0 aliphatic heterocycles. The predicted octanol–water partition coefficient (Wildman–Crippen LogP) is 4.26. The Morgan fingerprint density at radius 1 is 1.12 bits per heavy atom. The molecule has 0 aliphatic carbocycles. The van der Waals surface area contributed by atoms with Crippen LogP contribution in [-0.2, 0) is 9.53 Å². The molecule has 5 nitrogen and oxygen atoms in total. The number of carbonyl (C=O) groups excluding carboxylic acids is 2. The Hall–Kier alpha value is -2.70. The van der Waals surface area contributed by atoms with Gasteiger partial charge in [0.2, 0.25) is 0 Å². The number of amides is 1. The van der Waals surface area contributed by atoms with Gasteiger partial charge in [0.1, 0.15) is 5.01 Å². The molecular formula is C18H13ClN2O3S. The molecule has 0 bridgehead atoms. The number of aromatic nitrogens is 1. The second-order valence-electron chi connectivity index (χ2n) is 5.04. The van der Waals surface area contributed by atoms with Crippen LogP contribution in [0, 0.1) is 0 Å². The van der Waals surface area contributed by atoms with Crippen molar-refractivity contribution in [2.45, 2.75) is 0 Å². The normalized spacial score (nSPS) is 10.3. The average molecular weight is 373 g/mol. The smallest absolute Gasteiger partial charge is 0.358 e. The summed E-state index contributed by atoms with van der Waals surface area (Å²) in [5, 5.41) is 5.44. The highest BCUT2D eigenvalue weighted by Gasteiger charge is 2.15. The molecule has 3 rings (SSSR count). The minimum atomic E-state index is -0.639. The zero-order valence-corrected chi connectivity index (χ0v) is 14.5. The Kier molecular flexibility index (Phi) is 5.42. The molecule has 3 aromatic rings. The Balaban J connectivity index is 1.56. The number of esters is 1. The van der Waals surface area contributed by atoms with Crippen molar-refractivity contribution in [1.29, 1.82) is 0 Å². The van der Waals surface area contributed by atoms with E-state index in [1.165, 1.54) is 11.3 Å². The summed E-state index contributed by atoms with van der Waals surface area (Å²) in [6.45, 7) is -0.399. The van der Waals surface area contributed by atoms with E-state index in [4.69, 9.17) is 16.3 Å². The summed E-state index contributed by atoms with van der Waals surface area (Å²) in [7, 11) is 0. The summed E-state index contributed by atoms with van der Waals surface area (Å²) >= 11 is 7.19. The maximum Gasteiger partial charge on any atom is 0.358 e. The van der Waals surface area contributed by atoms with Gasteiger partial charge >= 0.3 is 5.97 Å². The van der Waals surface area contributed by atoms with Crippen molar-refractivity contribution in [1.82, 2.24) is 4.98 Å². The van der Waals surface area contributed by atoms with Crippen molar-refractivity contribution >= 4 is 40.5 Å². The Bertz CT molecular complexity index is 896. The molecule has 25 heavy (non-hydrogen) atoms. The molecule has 1 amide bonds. The lowest BCUT2D eigenvalue weighted by atomic mass is 10.2. The van der Waals surface area contributed by atoms with Crippen LogP contribution in [0.5, 0.6) is 0 Å². The third-order valence-electron chi connectivity index (χ3n) is 3.18. The van der Waals surface area contributed by atoms with Gasteiger partial charge < -0.3 is 10.1 Å². The van der Waals surface area contributed by atoms with Crippen molar-refractivity contribution in [2.75, 3.05) is 11.9 Å². The number of halogens is 1. The number of thiazole rings is 1. The van der Waals surface area contributed by atoms with E-state index >= 15 is 0 Å². The second-order valence-corrected chi connectivity index (χ2v) is 6.33. The summed E-state index contributed by atoms with van der Waals surface area (Å²) in [6.07, 6.45) is 0. The number of ether oxygens (including phenoxy) is 1. The molecule has 0 spiro atoms. The highest BCUT2D eigenvalue weighted by Crippen LogP contribution is 2.23. The van der Waals surface area contributed by atoms with E-state index in [1.54, 1.807) is 29.6 Å². The number of benzene rings is 2. The molecule has 1 heterocycles. The molecule has 2 aromatic carbocycles. The number of nitrogens with zero attached hydrogens (tertiary/aromatic N) is 1. The third kappa shape index (κ3) is 4.65. The van der Waals surface area contributed by atoms with Crippen LogP contribution in [0.1, 0.15) is 10.5 Å². The first-order valence-corrected chi connectivity index (χ1v) is 8.61. The van der Waals surface area contributed by atoms with Gasteiger partial charge in [-0.3, -0.25) is 4.79 Å². The summed E-state index contributed by atoms with van der Waals surface area (Å²) in [6, 6.07) is 16.2. The first kappa shape index (κ1) is 17.1. The van der Waals surface area contributed by atoms with Crippen LogP contribution in [0.25, 0.3) is 10.6 Å². The van der Waals surface area contributed by atoms with Crippen LogP contribution in [0.2, 0.25) is 5.02 Å². The molecule has 1 N–H and O–H groups in total. The van der Waals surface area contributed by atoms with E-state index in [0.717, 1.165) is 10.6 Å². The lowest BCUT2D eigenvalue weighted by Gasteiger charge is -2.06. The van der Waals surface area contributed by atoms with Gasteiger partial charge in [0.25, 0.3) is 5.91 Å². The zero-order valence-electron chi connectivity index (χ0n) is 12.9. The molecule has 1 aromatic heterocycles. The third-order valence-corrected chi connectivity index (χ3v) is 4.30. The van der Waals surface area contributed by atoms with E-state index in [2.05, 4.69) is 10.3 Å². The summed E-state index contributed by atoms with van der Waals surface area (Å²) < 4.78 is 5.00. The Labute approximate surface area is 153 Å². The van der Waals surface area contributed by atoms with E-state index in [1.807, 2.05) is 30.3 Å². The predicted molar refractivity (Wildman–Crippen MR) is 97.9 cm³/mol. The molecule has 0 fully saturated rings. The first-order chi connectivity index (χ1) is 12.1. The van der Waals surface area contributed by atoms with Crippen LogP contribution in [-0.4, -0.2) is 23.5 Å². The maximum absolute atomic E-state index is 12.0. The summed E-state index contributed by atoms with van der Waals surface area (Å²) in [5.41, 5.74) is 1.64. The Morgan fingerprint density at radius 2 is 1.92 bits per heavy atom. The highest BCUT2D eigenvalue weighted by atomic mass is 35.5. The lowest BCUT2D eigenvalue weighted by Crippen LogP contribution is -2.21. The molecular weight excluding hydrogens is 360 g/mol. The van der Waals surface area contributed by atoms with Crippen LogP contribution >= 0.6 is 22.9 Å². The SMILES string of the molecule is O=C(COC(=O)c1csc(-c2ccccc2)n1)Nc1cccc(Cl)c1. The molecule has 0 unspecified atom stereocenters. The number of rotatable bonds is 5. The maximum atomic E-state index is 12.0. The van der Waals surface area contributed by atoms with Crippen molar-refractivity contribution in [3.05, 3.63) is 70.7 Å². The van der Waals surface area contributed by atoms with Crippen LogP contribution in [0.15, 0.2) is 60.0 Å². The van der Waals surface area contributed by atoms with Gasteiger partial charge in [0.15, 0.2) is 12.3 Å². The first-order valence-electron chi connectivity index (χ1n) is 7.35. The number of hydrogen-bond acceptors (Lipinski definition) is 5. The second kappa shape index (κ2) is 7.92. The van der Waals surface area contributed by atoms with Crippen molar-refractivity contribution in [2.24, 2.45) is 0 Å². The minimum Gasteiger partial charge on any atom is -0.451 e. The largest absolute Gasteiger partial charge is 0.451 e. The molecule has 7 heteroatoms. The average Bonchev–Trinajstić information content (AvgIpc) is 3.11. The fourth-order valence-corrected chi connectivity index (χ4v) is 3.03. The van der Waals surface area contributed by atoms with Crippen molar-refractivity contribution in [3.63, 3.8) is 0 Å². The number of carbonyl (C=O) groups is 2. The molecule has 0 atom stereocenters. The molecule has 0 radical (unpaired) electrons. The van der Waals surface area contributed by atoms with Gasteiger partial charge in [-0.05, 0) is 18.2 Å². The van der Waals surface area contributed by atoms with Gasteiger partial charge in [-0.25, -0.2) is 9.78 Å². The van der Waals surface area contributed by atoms with Crippen molar-refractivity contribution in [3.8, 4) is 10.6 Å². The van der Waals surface area contributed by atoms with E-state index in [-0.39, 0.29) is 5.69 Å². The van der Waals surface area contributed by atoms with Gasteiger partial charge in [-0.2, -0.15) is 0 Å².